The van der Waals surface area contributed by atoms with Crippen molar-refractivity contribution >= 4 is 23.6 Å². The number of amides is 2. The van der Waals surface area contributed by atoms with Crippen molar-refractivity contribution in [3.63, 3.8) is 0 Å². The van der Waals surface area contributed by atoms with Crippen LogP contribution >= 0.6 is 0 Å². The van der Waals surface area contributed by atoms with Crippen LogP contribution in [0.2, 0.25) is 0 Å². The van der Waals surface area contributed by atoms with Gasteiger partial charge in [-0.15, -0.1) is 0 Å². The third-order valence-electron chi connectivity index (χ3n) is 5.26. The zero-order valence-corrected chi connectivity index (χ0v) is 16.4. The number of hydrogen-bond acceptors (Lipinski definition) is 2. The lowest BCUT2D eigenvalue weighted by atomic mass is 9.90. The SMILES string of the molecule is CC(=O)Nc1ccc(/C=C/C(=O)N2CCC(CCc3ccccc3)CC2)cc1. The summed E-state index contributed by atoms with van der Waals surface area (Å²) in [4.78, 5) is 25.4. The maximum absolute atomic E-state index is 12.5. The lowest BCUT2D eigenvalue weighted by molar-refractivity contribution is -0.127. The Morgan fingerprint density at radius 3 is 2.36 bits per heavy atom. The fourth-order valence-corrected chi connectivity index (χ4v) is 3.61. The van der Waals surface area contributed by atoms with E-state index in [1.165, 1.54) is 18.9 Å². The van der Waals surface area contributed by atoms with Crippen molar-refractivity contribution in [1.29, 1.82) is 0 Å². The Balaban J connectivity index is 1.43. The van der Waals surface area contributed by atoms with E-state index < -0.39 is 0 Å². The van der Waals surface area contributed by atoms with E-state index in [1.54, 1.807) is 6.08 Å². The minimum Gasteiger partial charge on any atom is -0.339 e. The summed E-state index contributed by atoms with van der Waals surface area (Å²) in [6, 6.07) is 18.1. The molecule has 2 aromatic rings. The van der Waals surface area contributed by atoms with Crippen molar-refractivity contribution in [2.75, 3.05) is 18.4 Å². The highest BCUT2D eigenvalue weighted by Gasteiger charge is 2.21. The Morgan fingerprint density at radius 2 is 1.71 bits per heavy atom. The summed E-state index contributed by atoms with van der Waals surface area (Å²) in [5.74, 6) is 0.688. The van der Waals surface area contributed by atoms with Crippen LogP contribution in [0.4, 0.5) is 5.69 Å². The molecule has 0 unspecified atom stereocenters. The number of anilines is 1. The van der Waals surface area contributed by atoms with Gasteiger partial charge >= 0.3 is 0 Å². The van der Waals surface area contributed by atoms with E-state index in [0.717, 1.165) is 43.6 Å². The Bertz CT molecular complexity index is 804. The summed E-state index contributed by atoms with van der Waals surface area (Å²) in [6.45, 7) is 3.16. The first-order valence-electron chi connectivity index (χ1n) is 9.99. The number of nitrogens with one attached hydrogen (secondary N) is 1. The number of carbonyl (C=O) groups excluding carboxylic acids is 2. The van der Waals surface area contributed by atoms with Gasteiger partial charge in [-0.25, -0.2) is 0 Å². The van der Waals surface area contributed by atoms with Gasteiger partial charge < -0.3 is 10.2 Å². The van der Waals surface area contributed by atoms with Crippen molar-refractivity contribution in [3.05, 3.63) is 71.8 Å². The molecule has 4 heteroatoms. The highest BCUT2D eigenvalue weighted by molar-refractivity contribution is 5.92. The van der Waals surface area contributed by atoms with Crippen molar-refractivity contribution in [3.8, 4) is 0 Å². The van der Waals surface area contributed by atoms with Gasteiger partial charge in [0.2, 0.25) is 11.8 Å². The van der Waals surface area contributed by atoms with E-state index in [-0.39, 0.29) is 11.8 Å². The van der Waals surface area contributed by atoms with Gasteiger partial charge in [0.25, 0.3) is 0 Å². The first-order chi connectivity index (χ1) is 13.6. The second kappa shape index (κ2) is 9.88. The van der Waals surface area contributed by atoms with Crippen LogP contribution in [0.15, 0.2) is 60.7 Å². The highest BCUT2D eigenvalue weighted by atomic mass is 16.2. The molecule has 0 spiro atoms. The molecule has 0 radical (unpaired) electrons. The number of rotatable bonds is 6. The monoisotopic (exact) mass is 376 g/mol. The summed E-state index contributed by atoms with van der Waals surface area (Å²) in [7, 11) is 0. The molecule has 1 aliphatic heterocycles. The molecule has 2 amide bonds. The summed E-state index contributed by atoms with van der Waals surface area (Å²) >= 11 is 0. The average molecular weight is 377 g/mol. The number of carbonyl (C=O) groups is 2. The number of aryl methyl sites for hydroxylation is 1. The van der Waals surface area contributed by atoms with E-state index in [4.69, 9.17) is 0 Å². The van der Waals surface area contributed by atoms with Gasteiger partial charge in [0, 0.05) is 31.8 Å². The van der Waals surface area contributed by atoms with Gasteiger partial charge in [-0.3, -0.25) is 9.59 Å². The Kier molecular flexibility index (Phi) is 7.01. The number of nitrogens with zero attached hydrogens (tertiary/aromatic N) is 1. The maximum Gasteiger partial charge on any atom is 0.246 e. The molecule has 4 nitrogen and oxygen atoms in total. The minimum atomic E-state index is -0.0920. The zero-order chi connectivity index (χ0) is 19.8. The first-order valence-corrected chi connectivity index (χ1v) is 9.99. The van der Waals surface area contributed by atoms with Gasteiger partial charge in [-0.2, -0.15) is 0 Å². The molecule has 28 heavy (non-hydrogen) atoms. The smallest absolute Gasteiger partial charge is 0.246 e. The second-order valence-corrected chi connectivity index (χ2v) is 7.43. The number of likely N-dealkylation sites (tertiary alicyclic amines) is 1. The topological polar surface area (TPSA) is 49.4 Å². The molecule has 1 N–H and O–H groups in total. The molecular formula is C24H28N2O2. The van der Waals surface area contributed by atoms with Gasteiger partial charge in [0.1, 0.15) is 0 Å². The molecular weight excluding hydrogens is 348 g/mol. The molecule has 3 rings (SSSR count). The average Bonchev–Trinajstić information content (AvgIpc) is 2.72. The number of piperidine rings is 1. The van der Waals surface area contributed by atoms with Crippen LogP contribution in [-0.4, -0.2) is 29.8 Å². The van der Waals surface area contributed by atoms with Crippen LogP contribution in [0.5, 0.6) is 0 Å². The van der Waals surface area contributed by atoms with Gasteiger partial charge in [-0.05, 0) is 60.9 Å². The number of benzene rings is 2. The normalized spacial score (nSPS) is 15.0. The van der Waals surface area contributed by atoms with E-state index in [1.807, 2.05) is 35.2 Å². The second-order valence-electron chi connectivity index (χ2n) is 7.43. The van der Waals surface area contributed by atoms with Crippen molar-refractivity contribution in [2.45, 2.75) is 32.6 Å². The summed E-state index contributed by atoms with van der Waals surface area (Å²) in [5.41, 5.74) is 3.10. The molecule has 1 aliphatic rings. The van der Waals surface area contributed by atoms with Gasteiger partial charge in [-0.1, -0.05) is 42.5 Å². The molecule has 0 aromatic heterocycles. The Hall–Kier alpha value is -2.88. The molecule has 1 fully saturated rings. The van der Waals surface area contributed by atoms with Crippen LogP contribution in [0, 0.1) is 5.92 Å². The summed E-state index contributed by atoms with van der Waals surface area (Å²) < 4.78 is 0. The van der Waals surface area contributed by atoms with Crippen LogP contribution < -0.4 is 5.32 Å². The van der Waals surface area contributed by atoms with E-state index in [9.17, 15) is 9.59 Å². The number of hydrogen-bond donors (Lipinski definition) is 1. The standard InChI is InChI=1S/C24H28N2O2/c1-19(27)25-23-12-9-21(10-13-23)11-14-24(28)26-17-15-22(16-18-26)8-7-20-5-3-2-4-6-20/h2-6,9-14,22H,7-8,15-18H2,1H3,(H,25,27)/b14-11+. The predicted molar refractivity (Wildman–Crippen MR) is 114 cm³/mol. The van der Waals surface area contributed by atoms with E-state index >= 15 is 0 Å². The lowest BCUT2D eigenvalue weighted by Crippen LogP contribution is -2.37. The predicted octanol–water partition coefficient (Wildman–Crippen LogP) is 4.53. The third-order valence-corrected chi connectivity index (χ3v) is 5.26. The van der Waals surface area contributed by atoms with Crippen LogP contribution in [0.3, 0.4) is 0 Å². The zero-order valence-electron chi connectivity index (χ0n) is 16.4. The van der Waals surface area contributed by atoms with Crippen molar-refractivity contribution in [2.24, 2.45) is 5.92 Å². The Labute approximate surface area is 167 Å². The fraction of sp³-hybridized carbons (Fsp3) is 0.333. The molecule has 2 aromatic carbocycles. The quantitative estimate of drug-likeness (QED) is 0.753. The van der Waals surface area contributed by atoms with Crippen molar-refractivity contribution < 1.29 is 9.59 Å². The van der Waals surface area contributed by atoms with Crippen LogP contribution in [0.1, 0.15) is 37.3 Å². The molecule has 0 atom stereocenters. The highest BCUT2D eigenvalue weighted by Crippen LogP contribution is 2.23. The van der Waals surface area contributed by atoms with Crippen LogP contribution in [0.25, 0.3) is 6.08 Å². The van der Waals surface area contributed by atoms with E-state index in [2.05, 4.69) is 35.6 Å². The van der Waals surface area contributed by atoms with Crippen LogP contribution in [-0.2, 0) is 16.0 Å². The molecule has 0 bridgehead atoms. The molecule has 1 heterocycles. The Morgan fingerprint density at radius 1 is 1.04 bits per heavy atom. The molecule has 0 saturated carbocycles. The van der Waals surface area contributed by atoms with Gasteiger partial charge in [0.15, 0.2) is 0 Å². The maximum atomic E-state index is 12.5. The first kappa shape index (κ1) is 19.9. The fourth-order valence-electron chi connectivity index (χ4n) is 3.61. The molecule has 0 aliphatic carbocycles. The summed E-state index contributed by atoms with van der Waals surface area (Å²) in [5, 5.41) is 2.74. The minimum absolute atomic E-state index is 0.0763. The van der Waals surface area contributed by atoms with Gasteiger partial charge in [0.05, 0.1) is 0 Å². The summed E-state index contributed by atoms with van der Waals surface area (Å²) in [6.07, 6.45) is 7.96. The molecule has 1 saturated heterocycles. The van der Waals surface area contributed by atoms with Crippen molar-refractivity contribution in [1.82, 2.24) is 4.90 Å². The van der Waals surface area contributed by atoms with E-state index in [0.29, 0.717) is 5.92 Å². The largest absolute Gasteiger partial charge is 0.339 e. The molecule has 146 valence electrons. The lowest BCUT2D eigenvalue weighted by Gasteiger charge is -2.31. The third kappa shape index (κ3) is 6.08.